The van der Waals surface area contributed by atoms with E-state index < -0.39 is 5.97 Å². The number of para-hydroxylation sites is 1. The first kappa shape index (κ1) is 22.8. The number of carboxylic acids is 1. The molecule has 3 fully saturated rings. The zero-order chi connectivity index (χ0) is 24.4. The number of thioether (sulfide) groups is 1. The van der Waals surface area contributed by atoms with Crippen molar-refractivity contribution in [3.05, 3.63) is 44.4 Å². The van der Waals surface area contributed by atoms with Crippen LogP contribution in [0.1, 0.15) is 48.5 Å². The van der Waals surface area contributed by atoms with Gasteiger partial charge in [-0.2, -0.15) is 0 Å². The van der Waals surface area contributed by atoms with Gasteiger partial charge in [-0.15, -0.1) is 11.8 Å². The Hall–Kier alpha value is -2.59. The van der Waals surface area contributed by atoms with E-state index in [1.165, 1.54) is 16.2 Å². The third-order valence-corrected chi connectivity index (χ3v) is 10.9. The number of likely N-dealkylation sites (tertiary alicyclic amines) is 1. The smallest absolute Gasteiger partial charge is 0.305 e. The SMILES string of the molecule is O=C(O)CCCCCN1C(=O)[C@@H]2[C@H]3C[C@@H]([C@@H]2C1=O)[C@@H]1[C@@H](c2ccccc2O)c2sc(=O)[nH]c2S[C@H]31. The number of aliphatic carboxylic acids is 1. The second-order valence-corrected chi connectivity index (χ2v) is 12.3. The number of nitrogens with zero attached hydrogens (tertiary/aromatic N) is 1. The summed E-state index contributed by atoms with van der Waals surface area (Å²) in [6, 6.07) is 7.22. The lowest BCUT2D eigenvalue weighted by atomic mass is 9.68. The Balaban J connectivity index is 1.30. The molecule has 1 saturated heterocycles. The predicted octanol–water partition coefficient (Wildman–Crippen LogP) is 3.26. The predicted molar refractivity (Wildman–Crippen MR) is 129 cm³/mol. The molecule has 4 aliphatic rings. The molecule has 2 bridgehead atoms. The number of phenols is 1. The van der Waals surface area contributed by atoms with Crippen molar-refractivity contribution in [2.45, 2.75) is 48.3 Å². The minimum absolute atomic E-state index is 0.0194. The van der Waals surface area contributed by atoms with E-state index in [0.29, 0.717) is 25.8 Å². The molecule has 6 rings (SSSR count). The average molecular weight is 515 g/mol. The van der Waals surface area contributed by atoms with Gasteiger partial charge in [-0.3, -0.25) is 24.1 Å². The number of hydrogen-bond donors (Lipinski definition) is 3. The summed E-state index contributed by atoms with van der Waals surface area (Å²) in [4.78, 5) is 55.1. The summed E-state index contributed by atoms with van der Waals surface area (Å²) in [5, 5.41) is 20.5. The van der Waals surface area contributed by atoms with E-state index in [4.69, 9.17) is 5.11 Å². The van der Waals surface area contributed by atoms with Crippen molar-refractivity contribution in [1.82, 2.24) is 9.88 Å². The highest BCUT2D eigenvalue weighted by Crippen LogP contribution is 2.68. The lowest BCUT2D eigenvalue weighted by Crippen LogP contribution is -2.42. The molecule has 2 aliphatic heterocycles. The maximum atomic E-state index is 13.5. The van der Waals surface area contributed by atoms with Gasteiger partial charge in [0, 0.05) is 34.6 Å². The Bertz CT molecular complexity index is 1270. The number of benzene rings is 1. The third kappa shape index (κ3) is 3.48. The number of aromatic hydroxyl groups is 1. The number of imide groups is 1. The number of carbonyl (C=O) groups excluding carboxylic acids is 2. The second-order valence-electron chi connectivity index (χ2n) is 10.1. The summed E-state index contributed by atoms with van der Waals surface area (Å²) in [6.07, 6.45) is 2.71. The third-order valence-electron chi connectivity index (χ3n) is 8.36. The van der Waals surface area contributed by atoms with Gasteiger partial charge < -0.3 is 15.2 Å². The van der Waals surface area contributed by atoms with Crippen LogP contribution < -0.4 is 4.87 Å². The van der Waals surface area contributed by atoms with E-state index in [9.17, 15) is 24.3 Å². The summed E-state index contributed by atoms with van der Waals surface area (Å²) in [5.41, 5.74) is 0.774. The molecule has 1 aromatic carbocycles. The van der Waals surface area contributed by atoms with E-state index in [2.05, 4.69) is 4.98 Å². The molecule has 3 N–H and O–H groups in total. The molecule has 10 heteroatoms. The number of amides is 2. The van der Waals surface area contributed by atoms with Gasteiger partial charge >= 0.3 is 10.8 Å². The second kappa shape index (κ2) is 8.51. The van der Waals surface area contributed by atoms with Crippen LogP contribution in [0.3, 0.4) is 0 Å². The summed E-state index contributed by atoms with van der Waals surface area (Å²) in [5.74, 6) is -1.56. The van der Waals surface area contributed by atoms with Crippen molar-refractivity contribution in [2.75, 3.05) is 6.54 Å². The lowest BCUT2D eigenvalue weighted by Gasteiger charge is -2.43. The number of hydrogen-bond acceptors (Lipinski definition) is 7. The van der Waals surface area contributed by atoms with Gasteiger partial charge in [0.05, 0.1) is 16.9 Å². The van der Waals surface area contributed by atoms with Crippen LogP contribution in [-0.4, -0.2) is 49.7 Å². The quantitative estimate of drug-likeness (QED) is 0.382. The number of carbonyl (C=O) groups is 3. The molecule has 2 saturated carbocycles. The van der Waals surface area contributed by atoms with E-state index in [-0.39, 0.29) is 69.6 Å². The van der Waals surface area contributed by atoms with Gasteiger partial charge in [0.15, 0.2) is 0 Å². The summed E-state index contributed by atoms with van der Waals surface area (Å²) >= 11 is 2.81. The number of rotatable bonds is 7. The number of carboxylic acid groups (broad SMARTS) is 1. The normalized spacial score (nSPS) is 32.6. The van der Waals surface area contributed by atoms with Crippen LogP contribution in [0.4, 0.5) is 0 Å². The van der Waals surface area contributed by atoms with Crippen molar-refractivity contribution in [2.24, 2.45) is 29.6 Å². The van der Waals surface area contributed by atoms with E-state index in [0.717, 1.165) is 21.9 Å². The van der Waals surface area contributed by atoms with Gasteiger partial charge in [-0.25, -0.2) is 0 Å². The fourth-order valence-corrected chi connectivity index (χ4v) is 10.0. The Morgan fingerprint density at radius 1 is 1.06 bits per heavy atom. The molecule has 7 atom stereocenters. The number of aromatic amines is 1. The van der Waals surface area contributed by atoms with Gasteiger partial charge in [0.2, 0.25) is 11.8 Å². The van der Waals surface area contributed by atoms with Crippen molar-refractivity contribution in [3.63, 3.8) is 0 Å². The van der Waals surface area contributed by atoms with E-state index in [1.807, 2.05) is 12.1 Å². The van der Waals surface area contributed by atoms with E-state index in [1.54, 1.807) is 23.9 Å². The Kier molecular flexibility index (Phi) is 5.56. The van der Waals surface area contributed by atoms with Gasteiger partial charge in [-0.1, -0.05) is 36.0 Å². The number of fused-ring (bicyclic) bond motifs is 9. The molecule has 0 radical (unpaired) electrons. The van der Waals surface area contributed by atoms with Crippen molar-refractivity contribution in [1.29, 1.82) is 0 Å². The van der Waals surface area contributed by atoms with Crippen molar-refractivity contribution >= 4 is 40.9 Å². The van der Waals surface area contributed by atoms with Crippen LogP contribution in [0.25, 0.3) is 0 Å². The fourth-order valence-electron chi connectivity index (χ4n) is 7.12. The number of unbranched alkanes of at least 4 members (excludes halogenated alkanes) is 2. The molecule has 2 amide bonds. The minimum Gasteiger partial charge on any atom is -0.508 e. The van der Waals surface area contributed by atoms with Crippen LogP contribution >= 0.6 is 23.1 Å². The number of aromatic nitrogens is 1. The zero-order valence-corrected chi connectivity index (χ0v) is 20.5. The lowest BCUT2D eigenvalue weighted by molar-refractivity contribution is -0.141. The molecule has 0 spiro atoms. The zero-order valence-electron chi connectivity index (χ0n) is 18.9. The first-order valence-electron chi connectivity index (χ1n) is 12.1. The minimum atomic E-state index is -0.835. The van der Waals surface area contributed by atoms with Crippen LogP contribution in [0, 0.1) is 29.6 Å². The number of nitrogens with one attached hydrogen (secondary N) is 1. The van der Waals surface area contributed by atoms with Crippen LogP contribution in [-0.2, 0) is 14.4 Å². The van der Waals surface area contributed by atoms with E-state index >= 15 is 0 Å². The van der Waals surface area contributed by atoms with Gasteiger partial charge in [0.1, 0.15) is 5.75 Å². The largest absolute Gasteiger partial charge is 0.508 e. The van der Waals surface area contributed by atoms with Crippen LogP contribution in [0.5, 0.6) is 5.75 Å². The summed E-state index contributed by atoms with van der Waals surface area (Å²) in [6.45, 7) is 0.343. The van der Waals surface area contributed by atoms with Gasteiger partial charge in [0.25, 0.3) is 0 Å². The number of phenolic OH excluding ortho intramolecular Hbond substituents is 1. The molecule has 1 aromatic heterocycles. The first-order valence-corrected chi connectivity index (χ1v) is 13.8. The Labute approximate surface area is 209 Å². The molecule has 3 heterocycles. The average Bonchev–Trinajstić information content (AvgIpc) is 3.54. The molecule has 184 valence electrons. The highest BCUT2D eigenvalue weighted by atomic mass is 32.2. The maximum Gasteiger partial charge on any atom is 0.305 e. The Morgan fingerprint density at radius 2 is 1.80 bits per heavy atom. The molecule has 0 unspecified atom stereocenters. The topological polar surface area (TPSA) is 128 Å². The number of H-pyrrole nitrogens is 1. The monoisotopic (exact) mass is 514 g/mol. The van der Waals surface area contributed by atoms with Crippen molar-refractivity contribution < 1.29 is 24.6 Å². The first-order chi connectivity index (χ1) is 16.9. The molecule has 8 nitrogen and oxygen atoms in total. The van der Waals surface area contributed by atoms with Crippen molar-refractivity contribution in [3.8, 4) is 5.75 Å². The standard InChI is InChI=1S/C25H26N2O6S2/c28-14-7-4-3-6-11(14)16-17-12-10-13(20(17)34-22-21(16)35-25(33)26-22)19-18(12)23(31)27(24(19)32)9-5-1-2-8-15(29)30/h3-4,6-7,12-13,16-20,28H,1-2,5,8-10H2,(H,26,33)(H,29,30)/t12-,13-,16-,17-,18+,19-,20-/m1/s1. The molecular formula is C25H26N2O6S2. The molecular weight excluding hydrogens is 488 g/mol. The molecule has 2 aliphatic carbocycles. The Morgan fingerprint density at radius 3 is 2.54 bits per heavy atom. The highest BCUT2D eigenvalue weighted by Gasteiger charge is 2.69. The van der Waals surface area contributed by atoms with Crippen LogP contribution in [0.15, 0.2) is 34.1 Å². The van der Waals surface area contributed by atoms with Crippen LogP contribution in [0.2, 0.25) is 0 Å². The molecule has 2 aromatic rings. The van der Waals surface area contributed by atoms with Gasteiger partial charge in [-0.05, 0) is 43.1 Å². The highest BCUT2D eigenvalue weighted by molar-refractivity contribution is 8.00. The maximum absolute atomic E-state index is 13.5. The molecule has 35 heavy (non-hydrogen) atoms. The number of thiazole rings is 1. The fraction of sp³-hybridized carbons (Fsp3) is 0.520. The summed E-state index contributed by atoms with van der Waals surface area (Å²) in [7, 11) is 0. The summed E-state index contributed by atoms with van der Waals surface area (Å²) < 4.78 is 0.